The molecule has 156 valence electrons. The van der Waals surface area contributed by atoms with Gasteiger partial charge in [0.2, 0.25) is 11.9 Å². The van der Waals surface area contributed by atoms with Crippen LogP contribution in [0, 0.1) is 12.8 Å². The van der Waals surface area contributed by atoms with E-state index in [1.807, 2.05) is 44.2 Å². The number of carbonyl (C=O) groups is 1. The van der Waals surface area contributed by atoms with Gasteiger partial charge in [0, 0.05) is 16.5 Å². The van der Waals surface area contributed by atoms with Crippen molar-refractivity contribution in [3.05, 3.63) is 64.3 Å². The predicted molar refractivity (Wildman–Crippen MR) is 120 cm³/mol. The largest absolute Gasteiger partial charge is 0.323 e. The van der Waals surface area contributed by atoms with Crippen molar-refractivity contribution in [2.24, 2.45) is 5.92 Å². The fraction of sp³-hybridized carbons (Fsp3) is 0.348. The van der Waals surface area contributed by atoms with E-state index in [2.05, 4.69) is 45.0 Å². The fourth-order valence-corrected chi connectivity index (χ4v) is 4.12. The van der Waals surface area contributed by atoms with E-state index in [1.165, 1.54) is 5.56 Å². The second-order valence-corrected chi connectivity index (χ2v) is 8.26. The van der Waals surface area contributed by atoms with Gasteiger partial charge in [-0.3, -0.25) is 10.1 Å². The van der Waals surface area contributed by atoms with E-state index in [1.54, 1.807) is 0 Å². The topological polar surface area (TPSA) is 78.9 Å². The van der Waals surface area contributed by atoms with Gasteiger partial charge in [-0.1, -0.05) is 36.7 Å². The number of fused-ring (bicyclic) bond motifs is 1. The first kappa shape index (κ1) is 20.6. The Morgan fingerprint density at radius 1 is 1.13 bits per heavy atom. The number of nitrogens with one attached hydrogen (secondary N) is 3. The number of hydrogen-bond acceptors (Lipinski definition) is 5. The Kier molecular flexibility index (Phi) is 5.88. The van der Waals surface area contributed by atoms with Crippen LogP contribution in [0.25, 0.3) is 10.9 Å². The number of anilines is 1. The van der Waals surface area contributed by atoms with Gasteiger partial charge in [-0.25, -0.2) is 9.97 Å². The normalized spacial score (nSPS) is 21.5. The summed E-state index contributed by atoms with van der Waals surface area (Å²) < 4.78 is 0. The molecule has 4 rings (SSSR count). The standard InChI is InChI=1S/C23H26ClN5O/c1-4-15-8-9-20-18(11-15)13(2)25-22(27-20)29-23-26-14(3)19(21(30)28-23)12-16-6-5-7-17(24)10-16/h5-11,14,19,23,26H,4,12H2,1-3H3,(H,28,30)(H,25,27,29). The van der Waals surface area contributed by atoms with Crippen molar-refractivity contribution >= 4 is 34.4 Å². The molecule has 3 aromatic rings. The Bertz CT molecular complexity index is 1090. The quantitative estimate of drug-likeness (QED) is 0.581. The average molecular weight is 424 g/mol. The summed E-state index contributed by atoms with van der Waals surface area (Å²) in [5, 5.41) is 11.3. The SMILES string of the molecule is CCc1ccc2nc(NC3NC(=O)C(Cc4cccc(Cl)c4)C(C)N3)nc(C)c2c1. The minimum Gasteiger partial charge on any atom is -0.323 e. The summed E-state index contributed by atoms with van der Waals surface area (Å²) in [5.41, 5.74) is 4.10. The number of benzene rings is 2. The number of nitrogens with zero attached hydrogens (tertiary/aromatic N) is 2. The summed E-state index contributed by atoms with van der Waals surface area (Å²) in [6, 6.07) is 13.9. The molecule has 3 N–H and O–H groups in total. The van der Waals surface area contributed by atoms with Gasteiger partial charge in [-0.15, -0.1) is 0 Å². The van der Waals surface area contributed by atoms with Crippen molar-refractivity contribution in [1.82, 2.24) is 20.6 Å². The number of amides is 1. The van der Waals surface area contributed by atoms with E-state index in [0.29, 0.717) is 17.4 Å². The molecule has 6 nitrogen and oxygen atoms in total. The highest BCUT2D eigenvalue weighted by molar-refractivity contribution is 6.30. The highest BCUT2D eigenvalue weighted by atomic mass is 35.5. The molecular weight excluding hydrogens is 398 g/mol. The van der Waals surface area contributed by atoms with Crippen LogP contribution < -0.4 is 16.0 Å². The summed E-state index contributed by atoms with van der Waals surface area (Å²) >= 11 is 6.08. The average Bonchev–Trinajstić information content (AvgIpc) is 2.71. The van der Waals surface area contributed by atoms with E-state index >= 15 is 0 Å². The zero-order chi connectivity index (χ0) is 21.3. The minimum atomic E-state index is -0.435. The molecule has 1 amide bonds. The third-order valence-electron chi connectivity index (χ3n) is 5.63. The molecule has 1 saturated heterocycles. The lowest BCUT2D eigenvalue weighted by molar-refractivity contribution is -0.128. The molecule has 1 aromatic heterocycles. The summed E-state index contributed by atoms with van der Waals surface area (Å²) in [6.07, 6.45) is 1.16. The second-order valence-electron chi connectivity index (χ2n) is 7.82. The number of aromatic nitrogens is 2. The van der Waals surface area contributed by atoms with Gasteiger partial charge in [0.1, 0.15) is 0 Å². The minimum absolute atomic E-state index is 0.0103. The van der Waals surface area contributed by atoms with E-state index in [9.17, 15) is 4.79 Å². The van der Waals surface area contributed by atoms with Crippen LogP contribution in [0.1, 0.15) is 30.7 Å². The van der Waals surface area contributed by atoms with Crippen LogP contribution in [0.5, 0.6) is 0 Å². The molecule has 1 aliphatic rings. The van der Waals surface area contributed by atoms with E-state index in [-0.39, 0.29) is 17.9 Å². The van der Waals surface area contributed by atoms with Gasteiger partial charge in [-0.05, 0) is 62.1 Å². The zero-order valence-electron chi connectivity index (χ0n) is 17.4. The molecule has 3 atom stereocenters. The van der Waals surface area contributed by atoms with Crippen LogP contribution in [0.2, 0.25) is 5.02 Å². The monoisotopic (exact) mass is 423 g/mol. The molecule has 3 unspecified atom stereocenters. The Morgan fingerprint density at radius 3 is 2.70 bits per heavy atom. The van der Waals surface area contributed by atoms with Crippen LogP contribution in [0.4, 0.5) is 5.95 Å². The lowest BCUT2D eigenvalue weighted by atomic mass is 9.91. The first-order valence-electron chi connectivity index (χ1n) is 10.3. The highest BCUT2D eigenvalue weighted by Crippen LogP contribution is 2.21. The Balaban J connectivity index is 1.47. The van der Waals surface area contributed by atoms with Crippen LogP contribution in [0.3, 0.4) is 0 Å². The van der Waals surface area contributed by atoms with Crippen LogP contribution in [-0.2, 0) is 17.6 Å². The molecule has 0 aliphatic carbocycles. The van der Waals surface area contributed by atoms with Crippen molar-refractivity contribution in [1.29, 1.82) is 0 Å². The Hall–Kier alpha value is -2.70. The van der Waals surface area contributed by atoms with Crippen molar-refractivity contribution in [3.63, 3.8) is 0 Å². The van der Waals surface area contributed by atoms with E-state index in [4.69, 9.17) is 11.6 Å². The van der Waals surface area contributed by atoms with Gasteiger partial charge in [-0.2, -0.15) is 0 Å². The molecule has 30 heavy (non-hydrogen) atoms. The maximum atomic E-state index is 12.8. The number of hydrogen-bond donors (Lipinski definition) is 3. The molecule has 0 radical (unpaired) electrons. The summed E-state index contributed by atoms with van der Waals surface area (Å²) in [4.78, 5) is 22.0. The molecule has 7 heteroatoms. The number of halogens is 1. The molecule has 0 spiro atoms. The van der Waals surface area contributed by atoms with E-state index < -0.39 is 6.29 Å². The second kappa shape index (κ2) is 8.58. The Morgan fingerprint density at radius 2 is 1.97 bits per heavy atom. The summed E-state index contributed by atoms with van der Waals surface area (Å²) in [7, 11) is 0. The van der Waals surface area contributed by atoms with Crippen LogP contribution in [-0.4, -0.2) is 28.2 Å². The molecular formula is C23H26ClN5O. The van der Waals surface area contributed by atoms with Gasteiger partial charge in [0.25, 0.3) is 0 Å². The molecule has 2 heterocycles. The molecule has 1 aliphatic heterocycles. The van der Waals surface area contributed by atoms with Crippen molar-refractivity contribution in [2.45, 2.75) is 45.9 Å². The van der Waals surface area contributed by atoms with Gasteiger partial charge < -0.3 is 10.6 Å². The third-order valence-corrected chi connectivity index (χ3v) is 5.87. The fourth-order valence-electron chi connectivity index (χ4n) is 3.90. The van der Waals surface area contributed by atoms with E-state index in [0.717, 1.165) is 28.6 Å². The number of aryl methyl sites for hydroxylation is 2. The number of carbonyl (C=O) groups excluding carboxylic acids is 1. The first-order chi connectivity index (χ1) is 14.4. The molecule has 1 fully saturated rings. The molecule has 2 aromatic carbocycles. The van der Waals surface area contributed by atoms with Crippen LogP contribution in [0.15, 0.2) is 42.5 Å². The van der Waals surface area contributed by atoms with Crippen molar-refractivity contribution in [2.75, 3.05) is 5.32 Å². The molecule has 0 bridgehead atoms. The van der Waals surface area contributed by atoms with Gasteiger partial charge in [0.05, 0.1) is 17.1 Å². The predicted octanol–water partition coefficient (Wildman–Crippen LogP) is 3.82. The lowest BCUT2D eigenvalue weighted by Gasteiger charge is -2.36. The van der Waals surface area contributed by atoms with Gasteiger partial charge >= 0.3 is 0 Å². The summed E-state index contributed by atoms with van der Waals surface area (Å²) in [5.74, 6) is 0.291. The smallest absolute Gasteiger partial charge is 0.227 e. The summed E-state index contributed by atoms with van der Waals surface area (Å²) in [6.45, 7) is 6.12. The molecule has 0 saturated carbocycles. The van der Waals surface area contributed by atoms with Crippen molar-refractivity contribution in [3.8, 4) is 0 Å². The number of rotatable bonds is 5. The van der Waals surface area contributed by atoms with Crippen LogP contribution >= 0.6 is 11.6 Å². The lowest BCUT2D eigenvalue weighted by Crippen LogP contribution is -2.63. The van der Waals surface area contributed by atoms with Crippen molar-refractivity contribution < 1.29 is 4.79 Å². The zero-order valence-corrected chi connectivity index (χ0v) is 18.1. The highest BCUT2D eigenvalue weighted by Gasteiger charge is 2.33. The van der Waals surface area contributed by atoms with Gasteiger partial charge in [0.15, 0.2) is 6.29 Å². The maximum Gasteiger partial charge on any atom is 0.227 e. The maximum absolute atomic E-state index is 12.8. The third kappa shape index (κ3) is 4.40. The Labute approximate surface area is 181 Å². The first-order valence-corrected chi connectivity index (χ1v) is 10.7.